The summed E-state index contributed by atoms with van der Waals surface area (Å²) in [5, 5.41) is 6.44. The highest BCUT2D eigenvalue weighted by Crippen LogP contribution is 2.28. The summed E-state index contributed by atoms with van der Waals surface area (Å²) in [6.45, 7) is 3.97. The van der Waals surface area contributed by atoms with Gasteiger partial charge in [-0.15, -0.1) is 23.7 Å². The number of carbonyl (C=O) groups excluding carboxylic acids is 1. The standard InChI is InChI=1S/C12H17BrN2OS.ClH/c1-8(10-2-3-11(13)17-10)12(16)15-9-4-6-14-7-5-9;/h2-3,8-9,14H,4-7H2,1H3,(H,15,16);1H. The molecule has 1 atom stereocenters. The van der Waals surface area contributed by atoms with Crippen LogP contribution in [0.3, 0.4) is 0 Å². The number of thiophene rings is 1. The lowest BCUT2D eigenvalue weighted by atomic mass is 10.0. The Balaban J connectivity index is 0.00000162. The molecule has 6 heteroatoms. The van der Waals surface area contributed by atoms with Gasteiger partial charge in [-0.1, -0.05) is 0 Å². The Morgan fingerprint density at radius 3 is 2.72 bits per heavy atom. The first-order valence-electron chi connectivity index (χ1n) is 5.93. The van der Waals surface area contributed by atoms with Crippen LogP contribution in [0.2, 0.25) is 0 Å². The molecule has 1 aromatic rings. The van der Waals surface area contributed by atoms with E-state index in [4.69, 9.17) is 0 Å². The van der Waals surface area contributed by atoms with Crippen molar-refractivity contribution in [2.24, 2.45) is 0 Å². The molecule has 0 saturated carbocycles. The van der Waals surface area contributed by atoms with E-state index in [2.05, 4.69) is 26.6 Å². The van der Waals surface area contributed by atoms with Gasteiger partial charge >= 0.3 is 0 Å². The van der Waals surface area contributed by atoms with Crippen LogP contribution < -0.4 is 10.6 Å². The zero-order valence-corrected chi connectivity index (χ0v) is 13.5. The SMILES string of the molecule is CC(C(=O)NC1CCNCC1)c1ccc(Br)s1.Cl. The highest BCUT2D eigenvalue weighted by atomic mass is 79.9. The van der Waals surface area contributed by atoms with Crippen molar-refractivity contribution in [3.63, 3.8) is 0 Å². The molecule has 1 aliphatic rings. The van der Waals surface area contributed by atoms with Crippen LogP contribution in [0.5, 0.6) is 0 Å². The fraction of sp³-hybridized carbons (Fsp3) is 0.583. The third kappa shape index (κ3) is 4.23. The lowest BCUT2D eigenvalue weighted by Crippen LogP contribution is -2.43. The van der Waals surface area contributed by atoms with Crippen LogP contribution in [0.25, 0.3) is 0 Å². The summed E-state index contributed by atoms with van der Waals surface area (Å²) in [5.41, 5.74) is 0. The number of amides is 1. The number of hydrogen-bond donors (Lipinski definition) is 2. The zero-order chi connectivity index (χ0) is 12.3. The Hall–Kier alpha value is -0.100. The van der Waals surface area contributed by atoms with E-state index in [9.17, 15) is 4.79 Å². The summed E-state index contributed by atoms with van der Waals surface area (Å²) in [7, 11) is 0. The molecule has 1 amide bonds. The summed E-state index contributed by atoms with van der Waals surface area (Å²) in [5.74, 6) is 0.0902. The van der Waals surface area contributed by atoms with Crippen LogP contribution >= 0.6 is 39.7 Å². The van der Waals surface area contributed by atoms with Gasteiger partial charge in [0.1, 0.15) is 0 Å². The van der Waals surface area contributed by atoms with E-state index in [1.807, 2.05) is 19.1 Å². The highest BCUT2D eigenvalue weighted by Gasteiger charge is 2.21. The van der Waals surface area contributed by atoms with Gasteiger partial charge < -0.3 is 10.6 Å². The van der Waals surface area contributed by atoms with Gasteiger partial charge in [-0.2, -0.15) is 0 Å². The number of rotatable bonds is 3. The minimum Gasteiger partial charge on any atom is -0.353 e. The van der Waals surface area contributed by atoms with Crippen molar-refractivity contribution < 1.29 is 4.79 Å². The fourth-order valence-corrected chi connectivity index (χ4v) is 3.46. The largest absolute Gasteiger partial charge is 0.353 e. The molecule has 3 nitrogen and oxygen atoms in total. The lowest BCUT2D eigenvalue weighted by molar-refractivity contribution is -0.123. The van der Waals surface area contributed by atoms with Crippen LogP contribution in [-0.4, -0.2) is 25.0 Å². The van der Waals surface area contributed by atoms with Crippen molar-refractivity contribution in [3.8, 4) is 0 Å². The predicted octanol–water partition coefficient (Wildman–Crippen LogP) is 2.90. The molecule has 1 saturated heterocycles. The molecular weight excluding hydrogens is 336 g/mol. The maximum absolute atomic E-state index is 12.1. The Morgan fingerprint density at radius 2 is 2.17 bits per heavy atom. The Morgan fingerprint density at radius 1 is 1.50 bits per heavy atom. The molecule has 1 aliphatic heterocycles. The maximum Gasteiger partial charge on any atom is 0.228 e. The summed E-state index contributed by atoms with van der Waals surface area (Å²) >= 11 is 5.06. The number of halogens is 2. The van der Waals surface area contributed by atoms with E-state index in [0.29, 0.717) is 6.04 Å². The van der Waals surface area contributed by atoms with Gasteiger partial charge in [0.25, 0.3) is 0 Å². The summed E-state index contributed by atoms with van der Waals surface area (Å²) in [6.07, 6.45) is 2.07. The van der Waals surface area contributed by atoms with Gasteiger partial charge in [0.05, 0.1) is 9.70 Å². The Bertz CT molecular complexity index is 393. The van der Waals surface area contributed by atoms with E-state index in [1.165, 1.54) is 0 Å². The van der Waals surface area contributed by atoms with Crippen molar-refractivity contribution in [1.82, 2.24) is 10.6 Å². The summed E-state index contributed by atoms with van der Waals surface area (Å²) < 4.78 is 1.08. The molecule has 0 aromatic carbocycles. The van der Waals surface area contributed by atoms with Gasteiger partial charge in [-0.05, 0) is 60.9 Å². The molecule has 0 bridgehead atoms. The van der Waals surface area contributed by atoms with E-state index < -0.39 is 0 Å². The predicted molar refractivity (Wildman–Crippen MR) is 81.7 cm³/mol. The zero-order valence-electron chi connectivity index (χ0n) is 10.2. The highest BCUT2D eigenvalue weighted by molar-refractivity contribution is 9.11. The van der Waals surface area contributed by atoms with Crippen LogP contribution in [0.15, 0.2) is 15.9 Å². The van der Waals surface area contributed by atoms with E-state index in [0.717, 1.165) is 34.6 Å². The van der Waals surface area contributed by atoms with Crippen molar-refractivity contribution in [1.29, 1.82) is 0 Å². The van der Waals surface area contributed by atoms with Gasteiger partial charge in [-0.3, -0.25) is 4.79 Å². The number of nitrogens with one attached hydrogen (secondary N) is 2. The van der Waals surface area contributed by atoms with E-state index in [-0.39, 0.29) is 24.2 Å². The molecule has 102 valence electrons. The van der Waals surface area contributed by atoms with Crippen LogP contribution in [0.1, 0.15) is 30.6 Å². The van der Waals surface area contributed by atoms with Crippen molar-refractivity contribution in [3.05, 3.63) is 20.8 Å². The molecule has 1 unspecified atom stereocenters. The first-order valence-corrected chi connectivity index (χ1v) is 7.54. The topological polar surface area (TPSA) is 41.1 Å². The first kappa shape index (κ1) is 16.0. The summed E-state index contributed by atoms with van der Waals surface area (Å²) in [4.78, 5) is 13.2. The molecule has 0 aliphatic carbocycles. The Kier molecular flexibility index (Phi) is 6.63. The maximum atomic E-state index is 12.1. The molecular formula is C12H18BrClN2OS. The second-order valence-corrected chi connectivity index (χ2v) is 6.89. The number of carbonyl (C=O) groups is 1. The smallest absolute Gasteiger partial charge is 0.228 e. The summed E-state index contributed by atoms with van der Waals surface area (Å²) in [6, 6.07) is 4.35. The lowest BCUT2D eigenvalue weighted by Gasteiger charge is -2.25. The molecule has 1 fully saturated rings. The van der Waals surface area contributed by atoms with Crippen molar-refractivity contribution in [2.75, 3.05) is 13.1 Å². The Labute approximate surface area is 126 Å². The van der Waals surface area contributed by atoms with E-state index in [1.54, 1.807) is 11.3 Å². The third-order valence-corrected chi connectivity index (χ3v) is 4.91. The van der Waals surface area contributed by atoms with Crippen LogP contribution in [-0.2, 0) is 4.79 Å². The molecule has 0 radical (unpaired) electrons. The second-order valence-electron chi connectivity index (χ2n) is 4.40. The molecule has 2 N–H and O–H groups in total. The van der Waals surface area contributed by atoms with Crippen LogP contribution in [0, 0.1) is 0 Å². The monoisotopic (exact) mass is 352 g/mol. The minimum atomic E-state index is -0.0545. The average Bonchev–Trinajstić information content (AvgIpc) is 2.76. The quantitative estimate of drug-likeness (QED) is 0.877. The van der Waals surface area contributed by atoms with E-state index >= 15 is 0 Å². The van der Waals surface area contributed by atoms with Gasteiger partial charge in [0.2, 0.25) is 5.91 Å². The molecule has 18 heavy (non-hydrogen) atoms. The van der Waals surface area contributed by atoms with Crippen molar-refractivity contribution >= 4 is 45.6 Å². The first-order chi connectivity index (χ1) is 8.16. The van der Waals surface area contributed by atoms with Gasteiger partial charge in [-0.25, -0.2) is 0 Å². The van der Waals surface area contributed by atoms with Gasteiger partial charge in [0, 0.05) is 10.9 Å². The molecule has 2 rings (SSSR count). The second kappa shape index (κ2) is 7.48. The van der Waals surface area contributed by atoms with Gasteiger partial charge in [0.15, 0.2) is 0 Å². The van der Waals surface area contributed by atoms with Crippen molar-refractivity contribution in [2.45, 2.75) is 31.7 Å². The third-order valence-electron chi connectivity index (χ3n) is 3.10. The van der Waals surface area contributed by atoms with Crippen LogP contribution in [0.4, 0.5) is 0 Å². The number of hydrogen-bond acceptors (Lipinski definition) is 3. The molecule has 0 spiro atoms. The average molecular weight is 354 g/mol. The minimum absolute atomic E-state index is 0. The fourth-order valence-electron chi connectivity index (χ4n) is 1.98. The molecule has 1 aromatic heterocycles. The number of piperidine rings is 1. The normalized spacial score (nSPS) is 17.9. The molecule has 2 heterocycles.